The Kier molecular flexibility index (Phi) is 4.01. The average Bonchev–Trinajstić information content (AvgIpc) is 3.06. The predicted octanol–water partition coefficient (Wildman–Crippen LogP) is 3.78. The van der Waals surface area contributed by atoms with Gasteiger partial charge in [0, 0.05) is 17.7 Å². The summed E-state index contributed by atoms with van der Waals surface area (Å²) in [6.45, 7) is 1.77. The Labute approximate surface area is 131 Å². The molecule has 1 aromatic heterocycles. The van der Waals surface area contributed by atoms with Gasteiger partial charge in [0.05, 0.1) is 4.92 Å². The van der Waals surface area contributed by atoms with Gasteiger partial charge in [0.15, 0.2) is 6.10 Å². The smallest absolute Gasteiger partial charge is 0.269 e. The Morgan fingerprint density at radius 3 is 2.43 bits per heavy atom. The van der Waals surface area contributed by atoms with E-state index in [0.29, 0.717) is 17.5 Å². The highest BCUT2D eigenvalue weighted by atomic mass is 16.6. The Morgan fingerprint density at radius 1 is 1.09 bits per heavy atom. The molecule has 0 aliphatic rings. The number of hydrogen-bond donors (Lipinski definition) is 0. The molecule has 3 aromatic rings. The molecule has 0 bridgehead atoms. The monoisotopic (exact) mass is 311 g/mol. The molecule has 23 heavy (non-hydrogen) atoms. The number of nitro groups is 1. The van der Waals surface area contributed by atoms with Crippen LogP contribution in [-0.4, -0.2) is 15.1 Å². The van der Waals surface area contributed by atoms with Crippen LogP contribution < -0.4 is 4.74 Å². The van der Waals surface area contributed by atoms with Crippen molar-refractivity contribution < 1.29 is 14.1 Å². The Balaban J connectivity index is 1.72. The minimum Gasteiger partial charge on any atom is -0.481 e. The maximum atomic E-state index is 10.6. The summed E-state index contributed by atoms with van der Waals surface area (Å²) in [6, 6.07) is 15.2. The second-order valence-corrected chi connectivity index (χ2v) is 4.82. The molecule has 7 nitrogen and oxygen atoms in total. The molecule has 0 fully saturated rings. The zero-order valence-corrected chi connectivity index (χ0v) is 12.2. The quantitative estimate of drug-likeness (QED) is 0.526. The maximum absolute atomic E-state index is 10.6. The third-order valence-corrected chi connectivity index (χ3v) is 3.17. The lowest BCUT2D eigenvalue weighted by Crippen LogP contribution is -2.03. The number of rotatable bonds is 5. The van der Waals surface area contributed by atoms with Crippen LogP contribution >= 0.6 is 0 Å². The Bertz CT molecular complexity index is 800. The molecule has 0 aliphatic heterocycles. The highest BCUT2D eigenvalue weighted by Crippen LogP contribution is 2.25. The molecule has 0 aliphatic carbocycles. The van der Waals surface area contributed by atoms with Crippen molar-refractivity contribution in [2.75, 3.05) is 0 Å². The van der Waals surface area contributed by atoms with E-state index in [1.807, 2.05) is 30.3 Å². The number of ether oxygens (including phenoxy) is 1. The highest BCUT2D eigenvalue weighted by molar-refractivity contribution is 5.51. The number of benzene rings is 2. The third-order valence-electron chi connectivity index (χ3n) is 3.17. The topological polar surface area (TPSA) is 91.3 Å². The van der Waals surface area contributed by atoms with Gasteiger partial charge in [-0.25, -0.2) is 0 Å². The van der Waals surface area contributed by atoms with Gasteiger partial charge in [-0.2, -0.15) is 0 Å². The molecule has 1 heterocycles. The summed E-state index contributed by atoms with van der Waals surface area (Å²) in [5, 5.41) is 18.6. The van der Waals surface area contributed by atoms with Crippen molar-refractivity contribution >= 4 is 5.69 Å². The fourth-order valence-corrected chi connectivity index (χ4v) is 2.00. The number of non-ortho nitro benzene ring substituents is 1. The largest absolute Gasteiger partial charge is 0.481 e. The molecule has 0 N–H and O–H groups in total. The van der Waals surface area contributed by atoms with Gasteiger partial charge in [0.25, 0.3) is 11.6 Å². The average molecular weight is 311 g/mol. The van der Waals surface area contributed by atoms with E-state index in [-0.39, 0.29) is 5.69 Å². The van der Waals surface area contributed by atoms with Gasteiger partial charge in [0.1, 0.15) is 5.75 Å². The Hall–Kier alpha value is -3.22. The van der Waals surface area contributed by atoms with Gasteiger partial charge in [-0.15, -0.1) is 10.2 Å². The van der Waals surface area contributed by atoms with E-state index < -0.39 is 11.0 Å². The van der Waals surface area contributed by atoms with Crippen molar-refractivity contribution in [2.45, 2.75) is 13.0 Å². The molecule has 0 saturated carbocycles. The van der Waals surface area contributed by atoms with Crippen molar-refractivity contribution in [1.29, 1.82) is 0 Å². The fourth-order valence-electron chi connectivity index (χ4n) is 2.00. The summed E-state index contributed by atoms with van der Waals surface area (Å²) in [4.78, 5) is 10.2. The van der Waals surface area contributed by atoms with Crippen molar-refractivity contribution in [3.63, 3.8) is 0 Å². The Morgan fingerprint density at radius 2 is 1.78 bits per heavy atom. The summed E-state index contributed by atoms with van der Waals surface area (Å²) in [7, 11) is 0. The van der Waals surface area contributed by atoms with Crippen LogP contribution in [0.25, 0.3) is 11.5 Å². The van der Waals surface area contributed by atoms with Crippen LogP contribution in [0.1, 0.15) is 18.9 Å². The SMILES string of the molecule is C[C@H](Oc1ccc([N+](=O)[O-])cc1)c1nnc(-c2ccccc2)o1. The van der Waals surface area contributed by atoms with E-state index in [2.05, 4.69) is 10.2 Å². The molecule has 2 aromatic carbocycles. The predicted molar refractivity (Wildman–Crippen MR) is 81.9 cm³/mol. The van der Waals surface area contributed by atoms with E-state index in [1.54, 1.807) is 6.92 Å². The van der Waals surface area contributed by atoms with Crippen LogP contribution in [0, 0.1) is 10.1 Å². The van der Waals surface area contributed by atoms with Crippen LogP contribution in [-0.2, 0) is 0 Å². The minimum atomic E-state index is -0.471. The third kappa shape index (κ3) is 3.34. The minimum absolute atomic E-state index is 0.00848. The molecule has 0 radical (unpaired) electrons. The molecule has 7 heteroatoms. The summed E-state index contributed by atoms with van der Waals surface area (Å²) in [6.07, 6.45) is -0.471. The van der Waals surface area contributed by atoms with E-state index in [9.17, 15) is 10.1 Å². The molecular formula is C16H13N3O4. The van der Waals surface area contributed by atoms with Crippen molar-refractivity contribution in [3.05, 3.63) is 70.6 Å². The summed E-state index contributed by atoms with van der Waals surface area (Å²) in [5.41, 5.74) is 0.836. The second-order valence-electron chi connectivity index (χ2n) is 4.82. The lowest BCUT2D eigenvalue weighted by Gasteiger charge is -2.10. The zero-order chi connectivity index (χ0) is 16.2. The number of aromatic nitrogens is 2. The van der Waals surface area contributed by atoms with Crippen molar-refractivity contribution in [3.8, 4) is 17.2 Å². The molecule has 3 rings (SSSR count). The van der Waals surface area contributed by atoms with Crippen LogP contribution in [0.3, 0.4) is 0 Å². The first kappa shape index (κ1) is 14.7. The second kappa shape index (κ2) is 6.27. The lowest BCUT2D eigenvalue weighted by atomic mass is 10.2. The first-order valence-electron chi connectivity index (χ1n) is 6.93. The fraction of sp³-hybridized carbons (Fsp3) is 0.125. The molecule has 1 atom stereocenters. The number of hydrogen-bond acceptors (Lipinski definition) is 6. The molecule has 0 amide bonds. The lowest BCUT2D eigenvalue weighted by molar-refractivity contribution is -0.384. The standard InChI is InChI=1S/C16H13N3O4/c1-11(22-14-9-7-13(8-10-14)19(20)21)15-17-18-16(23-15)12-5-3-2-4-6-12/h2-11H,1H3/t11-/m0/s1. The molecular weight excluding hydrogens is 298 g/mol. The molecule has 0 unspecified atom stereocenters. The van der Waals surface area contributed by atoms with Crippen LogP contribution in [0.15, 0.2) is 59.0 Å². The summed E-state index contributed by atoms with van der Waals surface area (Å²) in [5.74, 6) is 1.24. The summed E-state index contributed by atoms with van der Waals surface area (Å²) < 4.78 is 11.3. The van der Waals surface area contributed by atoms with Gasteiger partial charge >= 0.3 is 0 Å². The van der Waals surface area contributed by atoms with E-state index in [1.165, 1.54) is 24.3 Å². The van der Waals surface area contributed by atoms with Crippen molar-refractivity contribution in [2.24, 2.45) is 0 Å². The van der Waals surface area contributed by atoms with Crippen LogP contribution in [0.4, 0.5) is 5.69 Å². The van der Waals surface area contributed by atoms with Gasteiger partial charge in [-0.05, 0) is 31.2 Å². The first-order chi connectivity index (χ1) is 11.1. The van der Waals surface area contributed by atoms with Gasteiger partial charge in [-0.1, -0.05) is 18.2 Å². The maximum Gasteiger partial charge on any atom is 0.269 e. The van der Waals surface area contributed by atoms with Gasteiger partial charge in [-0.3, -0.25) is 10.1 Å². The highest BCUT2D eigenvalue weighted by Gasteiger charge is 2.17. The number of nitrogens with zero attached hydrogens (tertiary/aromatic N) is 3. The number of nitro benzene ring substituents is 1. The summed E-state index contributed by atoms with van der Waals surface area (Å²) >= 11 is 0. The van der Waals surface area contributed by atoms with Gasteiger partial charge in [0.2, 0.25) is 5.89 Å². The zero-order valence-electron chi connectivity index (χ0n) is 12.2. The molecule has 0 saturated heterocycles. The van der Waals surface area contributed by atoms with Crippen LogP contribution in [0.2, 0.25) is 0 Å². The van der Waals surface area contributed by atoms with Gasteiger partial charge < -0.3 is 9.15 Å². The first-order valence-corrected chi connectivity index (χ1v) is 6.93. The van der Waals surface area contributed by atoms with E-state index >= 15 is 0 Å². The normalized spacial score (nSPS) is 11.9. The molecule has 0 spiro atoms. The van der Waals surface area contributed by atoms with Crippen LogP contribution in [0.5, 0.6) is 5.75 Å². The van der Waals surface area contributed by atoms with E-state index in [0.717, 1.165) is 5.56 Å². The van der Waals surface area contributed by atoms with Crippen molar-refractivity contribution in [1.82, 2.24) is 10.2 Å². The van der Waals surface area contributed by atoms with E-state index in [4.69, 9.17) is 9.15 Å². The molecule has 116 valence electrons.